The highest BCUT2D eigenvalue weighted by molar-refractivity contribution is 6.02. The van der Waals surface area contributed by atoms with Gasteiger partial charge in [-0.3, -0.25) is 24.6 Å². The molecule has 0 aliphatic carbocycles. The van der Waals surface area contributed by atoms with E-state index in [1.54, 1.807) is 18.5 Å². The molecule has 2 aromatic rings. The second-order valence-corrected chi connectivity index (χ2v) is 5.53. The van der Waals surface area contributed by atoms with Crippen LogP contribution in [0.25, 0.3) is 0 Å². The predicted molar refractivity (Wildman–Crippen MR) is 94.5 cm³/mol. The van der Waals surface area contributed by atoms with Crippen molar-refractivity contribution < 1.29 is 19.2 Å². The van der Waals surface area contributed by atoms with Crippen LogP contribution in [0.15, 0.2) is 36.7 Å². The molecule has 0 saturated carbocycles. The van der Waals surface area contributed by atoms with Gasteiger partial charge in [0.25, 0.3) is 11.6 Å². The van der Waals surface area contributed by atoms with Gasteiger partial charge in [0.05, 0.1) is 10.6 Å². The minimum Gasteiger partial charge on any atom is -0.482 e. The Hall–Kier alpha value is -3.76. The molecule has 27 heavy (non-hydrogen) atoms. The number of amides is 2. The molecule has 0 radical (unpaired) electrons. The third-order valence-corrected chi connectivity index (χ3v) is 3.69. The number of carbonyl (C=O) groups excluding carboxylic acids is 2. The molecule has 0 unspecified atom stereocenters. The number of fused-ring (bicyclic) bond motifs is 1. The first-order valence-electron chi connectivity index (χ1n) is 8.04. The van der Waals surface area contributed by atoms with E-state index in [9.17, 15) is 19.7 Å². The van der Waals surface area contributed by atoms with Crippen molar-refractivity contribution in [3.05, 3.63) is 46.8 Å². The van der Waals surface area contributed by atoms with E-state index in [0.717, 1.165) is 0 Å². The van der Waals surface area contributed by atoms with Gasteiger partial charge >= 0.3 is 0 Å². The monoisotopic (exact) mass is 372 g/mol. The zero-order chi connectivity index (χ0) is 19.2. The van der Waals surface area contributed by atoms with Gasteiger partial charge in [-0.2, -0.15) is 0 Å². The Bertz CT molecular complexity index is 860. The summed E-state index contributed by atoms with van der Waals surface area (Å²) in [5, 5.41) is 16.6. The number of non-ortho nitro benzene ring substituents is 1. The average Bonchev–Trinajstić information content (AvgIpc) is 2.68. The fourth-order valence-corrected chi connectivity index (χ4v) is 2.44. The molecule has 0 saturated heterocycles. The fraction of sp³-hybridized carbons (Fsp3) is 0.250. The van der Waals surface area contributed by atoms with Crippen molar-refractivity contribution in [1.82, 2.24) is 15.3 Å². The molecule has 0 atom stereocenters. The average molecular weight is 372 g/mol. The molecule has 1 aromatic heterocycles. The first-order chi connectivity index (χ1) is 13.0. The first-order valence-corrected chi connectivity index (χ1v) is 8.04. The van der Waals surface area contributed by atoms with Crippen LogP contribution < -0.4 is 20.3 Å². The number of aromatic nitrogens is 2. The molecule has 2 amide bonds. The summed E-state index contributed by atoms with van der Waals surface area (Å²) in [5.74, 6) is -0.0975. The first kappa shape index (κ1) is 18.0. The second kappa shape index (κ2) is 8.08. The van der Waals surface area contributed by atoms with E-state index in [2.05, 4.69) is 20.6 Å². The summed E-state index contributed by atoms with van der Waals surface area (Å²) in [4.78, 5) is 43.8. The maximum absolute atomic E-state index is 12.2. The lowest BCUT2D eigenvalue weighted by molar-refractivity contribution is -0.384. The minimum atomic E-state index is -0.574. The Kier molecular flexibility index (Phi) is 5.40. The van der Waals surface area contributed by atoms with Crippen molar-refractivity contribution in [3.8, 4) is 5.75 Å². The minimum absolute atomic E-state index is 0.190. The smallest absolute Gasteiger partial charge is 0.271 e. The molecule has 1 aliphatic rings. The number of ether oxygens (including phenoxy) is 1. The van der Waals surface area contributed by atoms with Crippen LogP contribution in [0.5, 0.6) is 5.75 Å². The van der Waals surface area contributed by atoms with E-state index in [4.69, 9.17) is 4.74 Å². The lowest BCUT2D eigenvalue weighted by atomic mass is 10.2. The molecular weight excluding hydrogens is 356 g/mol. The number of anilines is 2. The Balaban J connectivity index is 1.58. The van der Waals surface area contributed by atoms with E-state index in [-0.39, 0.29) is 31.1 Å². The van der Waals surface area contributed by atoms with Gasteiger partial charge in [0.15, 0.2) is 6.61 Å². The van der Waals surface area contributed by atoms with Crippen LogP contribution in [-0.4, -0.2) is 52.9 Å². The van der Waals surface area contributed by atoms with Gasteiger partial charge in [-0.1, -0.05) is 0 Å². The molecule has 11 heteroatoms. The standard InChI is InChI=1S/C16H16N6O5/c23-14(17-6-7-20-16-18-4-1-5-19-16)9-21-12-8-11(22(25)26)2-3-13(12)27-10-15(21)24/h1-5,8H,6-7,9-10H2,(H,17,23)(H,18,19,20). The molecule has 140 valence electrons. The Morgan fingerprint density at radius 3 is 2.81 bits per heavy atom. The highest BCUT2D eigenvalue weighted by Crippen LogP contribution is 2.34. The van der Waals surface area contributed by atoms with Crippen LogP contribution in [0.2, 0.25) is 0 Å². The molecule has 0 fully saturated rings. The number of nitrogens with one attached hydrogen (secondary N) is 2. The number of carbonyl (C=O) groups is 2. The molecule has 11 nitrogen and oxygen atoms in total. The number of hydrogen-bond donors (Lipinski definition) is 2. The summed E-state index contributed by atoms with van der Waals surface area (Å²) < 4.78 is 5.26. The molecule has 2 heterocycles. The number of nitrogens with zero attached hydrogens (tertiary/aromatic N) is 4. The van der Waals surface area contributed by atoms with Gasteiger partial charge in [0, 0.05) is 37.6 Å². The van der Waals surface area contributed by atoms with Gasteiger partial charge in [0.2, 0.25) is 11.9 Å². The Morgan fingerprint density at radius 1 is 1.30 bits per heavy atom. The van der Waals surface area contributed by atoms with E-state index in [0.29, 0.717) is 18.2 Å². The van der Waals surface area contributed by atoms with E-state index in [1.165, 1.54) is 23.1 Å². The lowest BCUT2D eigenvalue weighted by Gasteiger charge is -2.28. The topological polar surface area (TPSA) is 140 Å². The van der Waals surface area contributed by atoms with Crippen molar-refractivity contribution >= 4 is 29.1 Å². The molecule has 2 N–H and O–H groups in total. The zero-order valence-electron chi connectivity index (χ0n) is 14.1. The molecule has 1 aliphatic heterocycles. The number of nitro benzene ring substituents is 1. The molecule has 1 aromatic carbocycles. The largest absolute Gasteiger partial charge is 0.482 e. The summed E-state index contributed by atoms with van der Waals surface area (Å²) in [6, 6.07) is 5.60. The maximum atomic E-state index is 12.2. The third-order valence-electron chi connectivity index (χ3n) is 3.69. The van der Waals surface area contributed by atoms with E-state index in [1.807, 2.05) is 0 Å². The molecular formula is C16H16N6O5. The fourth-order valence-electron chi connectivity index (χ4n) is 2.44. The van der Waals surface area contributed by atoms with Crippen LogP contribution in [0.1, 0.15) is 0 Å². The van der Waals surface area contributed by atoms with Crippen LogP contribution in [0, 0.1) is 10.1 Å². The highest BCUT2D eigenvalue weighted by Gasteiger charge is 2.29. The predicted octanol–water partition coefficient (Wildman–Crippen LogP) is 0.338. The second-order valence-electron chi connectivity index (χ2n) is 5.53. The third kappa shape index (κ3) is 4.45. The number of hydrogen-bond acceptors (Lipinski definition) is 8. The summed E-state index contributed by atoms with van der Waals surface area (Å²) in [7, 11) is 0. The quantitative estimate of drug-likeness (QED) is 0.403. The van der Waals surface area contributed by atoms with Gasteiger partial charge in [-0.25, -0.2) is 9.97 Å². The number of nitro groups is 1. The van der Waals surface area contributed by atoms with Crippen molar-refractivity contribution in [2.75, 3.05) is 36.5 Å². The van der Waals surface area contributed by atoms with Gasteiger partial charge in [0.1, 0.15) is 12.3 Å². The van der Waals surface area contributed by atoms with Crippen LogP contribution >= 0.6 is 0 Å². The number of rotatable bonds is 7. The Morgan fingerprint density at radius 2 is 2.07 bits per heavy atom. The Labute approximate surface area is 153 Å². The highest BCUT2D eigenvalue weighted by atomic mass is 16.6. The van der Waals surface area contributed by atoms with Crippen LogP contribution in [-0.2, 0) is 9.59 Å². The van der Waals surface area contributed by atoms with Gasteiger partial charge in [-0.15, -0.1) is 0 Å². The van der Waals surface area contributed by atoms with Crippen LogP contribution in [0.4, 0.5) is 17.3 Å². The van der Waals surface area contributed by atoms with Crippen molar-refractivity contribution in [2.24, 2.45) is 0 Å². The molecule has 0 bridgehead atoms. The molecule has 3 rings (SSSR count). The summed E-state index contributed by atoms with van der Waals surface area (Å²) in [5.41, 5.74) is 0.0101. The van der Waals surface area contributed by atoms with Crippen molar-refractivity contribution in [2.45, 2.75) is 0 Å². The van der Waals surface area contributed by atoms with Gasteiger partial charge in [-0.05, 0) is 12.1 Å². The van der Waals surface area contributed by atoms with E-state index < -0.39 is 16.7 Å². The summed E-state index contributed by atoms with van der Waals surface area (Å²) in [6.07, 6.45) is 3.18. The lowest BCUT2D eigenvalue weighted by Crippen LogP contribution is -2.45. The van der Waals surface area contributed by atoms with Crippen LogP contribution in [0.3, 0.4) is 0 Å². The van der Waals surface area contributed by atoms with Crippen molar-refractivity contribution in [1.29, 1.82) is 0 Å². The SMILES string of the molecule is O=C(CN1C(=O)COc2ccc([N+](=O)[O-])cc21)NCCNc1ncccn1. The number of benzene rings is 1. The van der Waals surface area contributed by atoms with Crippen molar-refractivity contribution in [3.63, 3.8) is 0 Å². The van der Waals surface area contributed by atoms with E-state index >= 15 is 0 Å². The summed E-state index contributed by atoms with van der Waals surface area (Å²) in [6.45, 7) is 0.190. The normalized spacial score (nSPS) is 12.7. The molecule has 0 spiro atoms. The zero-order valence-corrected chi connectivity index (χ0v) is 14.1. The maximum Gasteiger partial charge on any atom is 0.271 e. The van der Waals surface area contributed by atoms with Gasteiger partial charge < -0.3 is 15.4 Å². The summed E-state index contributed by atoms with van der Waals surface area (Å²) >= 11 is 0.